The third kappa shape index (κ3) is 3.78. The fourth-order valence-corrected chi connectivity index (χ4v) is 4.69. The van der Waals surface area contributed by atoms with E-state index >= 15 is 0 Å². The number of hydrogen-bond donors (Lipinski definition) is 2. The van der Waals surface area contributed by atoms with Crippen molar-refractivity contribution in [2.75, 3.05) is 19.7 Å². The van der Waals surface area contributed by atoms with E-state index in [4.69, 9.17) is 4.74 Å². The van der Waals surface area contributed by atoms with Crippen LogP contribution in [0.4, 0.5) is 0 Å². The lowest BCUT2D eigenvalue weighted by Gasteiger charge is -2.35. The molecule has 5 rings (SSSR count). The minimum absolute atomic E-state index is 0.0162. The van der Waals surface area contributed by atoms with Crippen molar-refractivity contribution in [2.24, 2.45) is 0 Å². The number of aryl methyl sites for hydroxylation is 1. The molecule has 2 aliphatic rings. The van der Waals surface area contributed by atoms with Gasteiger partial charge in [0.2, 0.25) is 5.91 Å². The Morgan fingerprint density at radius 2 is 1.90 bits per heavy atom. The van der Waals surface area contributed by atoms with Crippen LogP contribution in [0.25, 0.3) is 11.0 Å². The Kier molecular flexibility index (Phi) is 5.14. The largest absolute Gasteiger partial charge is 0.371 e. The van der Waals surface area contributed by atoms with Crippen LogP contribution >= 0.6 is 0 Å². The number of morpholine rings is 1. The molecule has 0 saturated carbocycles. The van der Waals surface area contributed by atoms with E-state index in [1.54, 1.807) is 4.57 Å². The van der Waals surface area contributed by atoms with Crippen molar-refractivity contribution in [2.45, 2.75) is 37.6 Å². The van der Waals surface area contributed by atoms with Gasteiger partial charge in [-0.25, -0.2) is 4.79 Å². The summed E-state index contributed by atoms with van der Waals surface area (Å²) in [6, 6.07) is 18.3. The molecule has 0 unspecified atom stereocenters. The third-order valence-electron chi connectivity index (χ3n) is 6.20. The van der Waals surface area contributed by atoms with Crippen molar-refractivity contribution >= 4 is 16.9 Å². The molecule has 3 aromatic rings. The summed E-state index contributed by atoms with van der Waals surface area (Å²) in [4.78, 5) is 30.0. The number of benzene rings is 2. The van der Waals surface area contributed by atoms with E-state index in [-0.39, 0.29) is 30.2 Å². The van der Waals surface area contributed by atoms with Gasteiger partial charge in [0.1, 0.15) is 0 Å². The Balaban J connectivity index is 1.16. The topological polar surface area (TPSA) is 79.4 Å². The summed E-state index contributed by atoms with van der Waals surface area (Å²) in [5.74, 6) is -0.0162. The fraction of sp³-hybridized carbons (Fsp3) is 0.391. The molecule has 0 radical (unpaired) electrons. The van der Waals surface area contributed by atoms with Gasteiger partial charge in [-0.3, -0.25) is 14.3 Å². The number of imidazole rings is 1. The number of hydrogen-bond acceptors (Lipinski definition) is 4. The normalized spacial score (nSPS) is 24.1. The number of rotatable bonds is 5. The van der Waals surface area contributed by atoms with E-state index in [9.17, 15) is 9.59 Å². The number of amides is 1. The molecule has 2 fully saturated rings. The van der Waals surface area contributed by atoms with Crippen LogP contribution in [0, 0.1) is 0 Å². The van der Waals surface area contributed by atoms with Crippen LogP contribution in [-0.2, 0) is 16.1 Å². The molecule has 2 aliphatic heterocycles. The fourth-order valence-electron chi connectivity index (χ4n) is 4.69. The maximum atomic E-state index is 12.5. The number of aromatic amines is 1. The summed E-state index contributed by atoms with van der Waals surface area (Å²) in [6.45, 7) is 2.76. The van der Waals surface area contributed by atoms with Gasteiger partial charge in [-0.1, -0.05) is 42.5 Å². The number of fused-ring (bicyclic) bond motifs is 2. The van der Waals surface area contributed by atoms with E-state index in [0.717, 1.165) is 30.5 Å². The number of aromatic nitrogens is 2. The van der Waals surface area contributed by atoms with Gasteiger partial charge in [-0.15, -0.1) is 0 Å². The number of H-pyrrole nitrogens is 1. The van der Waals surface area contributed by atoms with Crippen molar-refractivity contribution in [3.05, 3.63) is 70.6 Å². The lowest BCUT2D eigenvalue weighted by molar-refractivity contribution is -0.121. The lowest BCUT2D eigenvalue weighted by atomic mass is 10.1. The molecule has 3 heterocycles. The highest BCUT2D eigenvalue weighted by atomic mass is 16.5. The average Bonchev–Trinajstić information content (AvgIpc) is 3.31. The summed E-state index contributed by atoms with van der Waals surface area (Å²) in [6.07, 6.45) is 1.28. The zero-order valence-corrected chi connectivity index (χ0v) is 16.8. The standard InChI is InChI=1S/C23H26N4O3/c28-22(10-11-27-20-9-5-4-8-19(20)25-23(27)29)24-17-12-18-15-30-21(14-26(18)13-17)16-6-2-1-3-7-16/h1-9,17-18,21H,10-15H2,(H,24,28)(H,25,29)/t17-,18+,21-/m1/s1. The Labute approximate surface area is 174 Å². The zero-order valence-electron chi connectivity index (χ0n) is 16.8. The Bertz CT molecular complexity index is 1090. The first kappa shape index (κ1) is 19.1. The van der Waals surface area contributed by atoms with Crippen LogP contribution in [0.5, 0.6) is 0 Å². The van der Waals surface area contributed by atoms with Crippen molar-refractivity contribution in [1.29, 1.82) is 0 Å². The van der Waals surface area contributed by atoms with Crippen LogP contribution < -0.4 is 11.0 Å². The summed E-state index contributed by atoms with van der Waals surface area (Å²) in [7, 11) is 0. The second-order valence-electron chi connectivity index (χ2n) is 8.19. The molecular formula is C23H26N4O3. The van der Waals surface area contributed by atoms with Crippen LogP contribution in [0.1, 0.15) is 24.5 Å². The molecule has 2 saturated heterocycles. The quantitative estimate of drug-likeness (QED) is 0.680. The van der Waals surface area contributed by atoms with E-state index in [0.29, 0.717) is 19.2 Å². The molecule has 30 heavy (non-hydrogen) atoms. The molecule has 0 aliphatic carbocycles. The molecule has 7 nitrogen and oxygen atoms in total. The van der Waals surface area contributed by atoms with Gasteiger partial charge >= 0.3 is 5.69 Å². The maximum Gasteiger partial charge on any atom is 0.326 e. The summed E-state index contributed by atoms with van der Waals surface area (Å²) < 4.78 is 7.72. The highest BCUT2D eigenvalue weighted by molar-refractivity contribution is 5.77. The van der Waals surface area contributed by atoms with Crippen LogP contribution in [0.15, 0.2) is 59.4 Å². The molecule has 1 aromatic heterocycles. The minimum atomic E-state index is -0.175. The van der Waals surface area contributed by atoms with Crippen molar-refractivity contribution in [3.8, 4) is 0 Å². The second-order valence-corrected chi connectivity index (χ2v) is 8.19. The number of nitrogens with zero attached hydrogens (tertiary/aromatic N) is 2. The van der Waals surface area contributed by atoms with E-state index < -0.39 is 0 Å². The number of para-hydroxylation sites is 2. The lowest BCUT2D eigenvalue weighted by Crippen LogP contribution is -2.43. The summed E-state index contributed by atoms with van der Waals surface area (Å²) in [5, 5.41) is 3.16. The molecule has 2 N–H and O–H groups in total. The average molecular weight is 406 g/mol. The first-order chi connectivity index (χ1) is 14.7. The van der Waals surface area contributed by atoms with Gasteiger partial charge < -0.3 is 15.0 Å². The SMILES string of the molecule is O=C(CCn1c(=O)[nH]c2ccccc21)N[C@@H]1C[C@H]2CO[C@@H](c3ccccc3)CN2C1. The monoisotopic (exact) mass is 406 g/mol. The van der Waals surface area contributed by atoms with Gasteiger partial charge in [0.05, 0.1) is 23.7 Å². The maximum absolute atomic E-state index is 12.5. The zero-order chi connectivity index (χ0) is 20.5. The molecule has 2 aromatic carbocycles. The Hall–Kier alpha value is -2.90. The number of nitrogens with one attached hydrogen (secondary N) is 2. The van der Waals surface area contributed by atoms with Crippen LogP contribution in [-0.4, -0.2) is 52.1 Å². The minimum Gasteiger partial charge on any atom is -0.371 e. The Morgan fingerprint density at radius 3 is 2.77 bits per heavy atom. The van der Waals surface area contributed by atoms with Gasteiger partial charge in [-0.05, 0) is 24.1 Å². The van der Waals surface area contributed by atoms with Gasteiger partial charge in [0.25, 0.3) is 0 Å². The molecule has 156 valence electrons. The van der Waals surface area contributed by atoms with E-state index in [1.165, 1.54) is 5.56 Å². The highest BCUT2D eigenvalue weighted by Gasteiger charge is 2.38. The second kappa shape index (κ2) is 8.08. The van der Waals surface area contributed by atoms with Crippen LogP contribution in [0.2, 0.25) is 0 Å². The molecule has 0 spiro atoms. The first-order valence-electron chi connectivity index (χ1n) is 10.5. The number of carbonyl (C=O) groups excluding carboxylic acids is 1. The van der Waals surface area contributed by atoms with Crippen molar-refractivity contribution < 1.29 is 9.53 Å². The molecule has 7 heteroatoms. The van der Waals surface area contributed by atoms with Crippen molar-refractivity contribution in [1.82, 2.24) is 19.8 Å². The first-order valence-corrected chi connectivity index (χ1v) is 10.5. The predicted molar refractivity (Wildman–Crippen MR) is 114 cm³/mol. The van der Waals surface area contributed by atoms with E-state index in [1.807, 2.05) is 42.5 Å². The number of ether oxygens (including phenoxy) is 1. The van der Waals surface area contributed by atoms with Gasteiger partial charge in [0.15, 0.2) is 0 Å². The van der Waals surface area contributed by atoms with Gasteiger partial charge in [0, 0.05) is 38.1 Å². The number of carbonyl (C=O) groups is 1. The predicted octanol–water partition coefficient (Wildman–Crippen LogP) is 2.05. The van der Waals surface area contributed by atoms with Crippen molar-refractivity contribution in [3.63, 3.8) is 0 Å². The van der Waals surface area contributed by atoms with Crippen LogP contribution in [0.3, 0.4) is 0 Å². The van der Waals surface area contributed by atoms with Gasteiger partial charge in [-0.2, -0.15) is 0 Å². The summed E-state index contributed by atoms with van der Waals surface area (Å²) >= 11 is 0. The molecule has 0 bridgehead atoms. The molecular weight excluding hydrogens is 380 g/mol. The highest BCUT2D eigenvalue weighted by Crippen LogP contribution is 2.30. The molecule has 1 amide bonds. The van der Waals surface area contributed by atoms with E-state index in [2.05, 4.69) is 27.3 Å². The Morgan fingerprint density at radius 1 is 1.10 bits per heavy atom. The molecule has 3 atom stereocenters. The smallest absolute Gasteiger partial charge is 0.326 e. The summed E-state index contributed by atoms with van der Waals surface area (Å²) in [5.41, 5.74) is 2.65. The third-order valence-corrected chi connectivity index (χ3v) is 6.20.